The molecule has 1 nitrogen and oxygen atoms in total. The standard InChI is InChI=1S/C15H15N/c1-2-6-12(7-3-1)15-11-16-10-13-8-4-5-9-14(13)15/h2,4-6,8-12H,1,3,7H2. The lowest BCUT2D eigenvalue weighted by Gasteiger charge is -2.18. The second kappa shape index (κ2) is 4.09. The minimum Gasteiger partial charge on any atom is -0.264 e. The molecule has 1 heterocycles. The zero-order valence-corrected chi connectivity index (χ0v) is 9.26. The van der Waals surface area contributed by atoms with Crippen molar-refractivity contribution in [2.45, 2.75) is 25.2 Å². The number of pyridine rings is 1. The van der Waals surface area contributed by atoms with Gasteiger partial charge in [-0.3, -0.25) is 4.98 Å². The molecule has 0 bridgehead atoms. The van der Waals surface area contributed by atoms with Crippen LogP contribution in [0.5, 0.6) is 0 Å². The molecule has 0 saturated carbocycles. The van der Waals surface area contributed by atoms with Crippen molar-refractivity contribution in [1.82, 2.24) is 4.98 Å². The molecule has 0 N–H and O–H groups in total. The van der Waals surface area contributed by atoms with Crippen LogP contribution in [0.1, 0.15) is 30.7 Å². The van der Waals surface area contributed by atoms with E-state index in [0.717, 1.165) is 0 Å². The first-order chi connectivity index (χ1) is 7.95. The number of nitrogens with zero attached hydrogens (tertiary/aromatic N) is 1. The number of hydrogen-bond acceptors (Lipinski definition) is 1. The van der Waals surface area contributed by atoms with Crippen molar-refractivity contribution in [2.75, 3.05) is 0 Å². The molecular weight excluding hydrogens is 194 g/mol. The Morgan fingerprint density at radius 3 is 2.94 bits per heavy atom. The summed E-state index contributed by atoms with van der Waals surface area (Å²) >= 11 is 0. The number of hydrogen-bond donors (Lipinski definition) is 0. The molecule has 80 valence electrons. The molecular formula is C15H15N. The van der Waals surface area contributed by atoms with E-state index in [1.807, 2.05) is 12.4 Å². The molecule has 1 aromatic carbocycles. The van der Waals surface area contributed by atoms with E-state index in [0.29, 0.717) is 5.92 Å². The Morgan fingerprint density at radius 1 is 1.12 bits per heavy atom. The normalized spacial score (nSPS) is 20.1. The van der Waals surface area contributed by atoms with Crippen LogP contribution in [0.25, 0.3) is 10.8 Å². The lowest BCUT2D eigenvalue weighted by atomic mass is 9.88. The van der Waals surface area contributed by atoms with Crippen LogP contribution in [0.2, 0.25) is 0 Å². The van der Waals surface area contributed by atoms with Gasteiger partial charge in [0.05, 0.1) is 0 Å². The largest absolute Gasteiger partial charge is 0.264 e. The molecule has 0 saturated heterocycles. The molecule has 0 aliphatic heterocycles. The van der Waals surface area contributed by atoms with Gasteiger partial charge in [0.15, 0.2) is 0 Å². The monoisotopic (exact) mass is 209 g/mol. The first kappa shape index (κ1) is 9.59. The first-order valence-electron chi connectivity index (χ1n) is 5.94. The summed E-state index contributed by atoms with van der Waals surface area (Å²) in [6.07, 6.45) is 12.4. The van der Waals surface area contributed by atoms with E-state index in [1.165, 1.54) is 35.6 Å². The molecule has 1 atom stereocenters. The summed E-state index contributed by atoms with van der Waals surface area (Å²) < 4.78 is 0. The van der Waals surface area contributed by atoms with Gasteiger partial charge < -0.3 is 0 Å². The average molecular weight is 209 g/mol. The van der Waals surface area contributed by atoms with Gasteiger partial charge in [-0.2, -0.15) is 0 Å². The van der Waals surface area contributed by atoms with Crippen LogP contribution in [0.15, 0.2) is 48.8 Å². The molecule has 0 radical (unpaired) electrons. The van der Waals surface area contributed by atoms with Gasteiger partial charge in [-0.25, -0.2) is 0 Å². The SMILES string of the molecule is C1=CC(c2cncc3ccccc23)CCC1. The van der Waals surface area contributed by atoms with Crippen LogP contribution in [-0.2, 0) is 0 Å². The van der Waals surface area contributed by atoms with Gasteiger partial charge in [-0.05, 0) is 30.2 Å². The first-order valence-corrected chi connectivity index (χ1v) is 5.94. The highest BCUT2D eigenvalue weighted by Gasteiger charge is 2.13. The van der Waals surface area contributed by atoms with Crippen molar-refractivity contribution in [3.05, 3.63) is 54.4 Å². The van der Waals surface area contributed by atoms with Gasteiger partial charge in [-0.15, -0.1) is 0 Å². The van der Waals surface area contributed by atoms with Crippen LogP contribution in [0.3, 0.4) is 0 Å². The molecule has 0 spiro atoms. The highest BCUT2D eigenvalue weighted by molar-refractivity contribution is 5.85. The molecule has 1 aliphatic rings. The third kappa shape index (κ3) is 1.63. The number of rotatable bonds is 1. The predicted molar refractivity (Wildman–Crippen MR) is 67.5 cm³/mol. The van der Waals surface area contributed by atoms with Crippen molar-refractivity contribution < 1.29 is 0 Å². The van der Waals surface area contributed by atoms with Gasteiger partial charge >= 0.3 is 0 Å². The Labute approximate surface area is 95.8 Å². The Bertz CT molecular complexity index is 522. The van der Waals surface area contributed by atoms with Crippen LogP contribution in [-0.4, -0.2) is 4.98 Å². The molecule has 1 aliphatic carbocycles. The van der Waals surface area contributed by atoms with Gasteiger partial charge in [0.2, 0.25) is 0 Å². The molecule has 3 rings (SSSR count). The van der Waals surface area contributed by atoms with Crippen molar-refractivity contribution >= 4 is 10.8 Å². The fourth-order valence-electron chi connectivity index (χ4n) is 2.51. The fraction of sp³-hybridized carbons (Fsp3) is 0.267. The fourth-order valence-corrected chi connectivity index (χ4v) is 2.51. The second-order valence-electron chi connectivity index (χ2n) is 4.42. The Hall–Kier alpha value is -1.63. The maximum absolute atomic E-state index is 4.35. The molecule has 0 amide bonds. The predicted octanol–water partition coefficient (Wildman–Crippen LogP) is 4.06. The van der Waals surface area contributed by atoms with Crippen LogP contribution >= 0.6 is 0 Å². The zero-order valence-electron chi connectivity index (χ0n) is 9.26. The average Bonchev–Trinajstić information content (AvgIpc) is 2.39. The van der Waals surface area contributed by atoms with E-state index in [-0.39, 0.29) is 0 Å². The third-order valence-corrected chi connectivity index (χ3v) is 3.35. The zero-order chi connectivity index (χ0) is 10.8. The minimum absolute atomic E-state index is 0.562. The van der Waals surface area contributed by atoms with E-state index in [1.54, 1.807) is 0 Å². The summed E-state index contributed by atoms with van der Waals surface area (Å²) in [4.78, 5) is 4.35. The van der Waals surface area contributed by atoms with E-state index >= 15 is 0 Å². The number of benzene rings is 1. The van der Waals surface area contributed by atoms with E-state index < -0.39 is 0 Å². The third-order valence-electron chi connectivity index (χ3n) is 3.35. The highest BCUT2D eigenvalue weighted by atomic mass is 14.6. The Kier molecular flexibility index (Phi) is 2.45. The number of fused-ring (bicyclic) bond motifs is 1. The quantitative estimate of drug-likeness (QED) is 0.645. The van der Waals surface area contributed by atoms with Crippen molar-refractivity contribution in [1.29, 1.82) is 0 Å². The van der Waals surface area contributed by atoms with Crippen molar-refractivity contribution in [3.63, 3.8) is 0 Å². The van der Waals surface area contributed by atoms with E-state index in [4.69, 9.17) is 0 Å². The Balaban J connectivity index is 2.15. The van der Waals surface area contributed by atoms with Gasteiger partial charge in [0, 0.05) is 23.7 Å². The van der Waals surface area contributed by atoms with Gasteiger partial charge in [-0.1, -0.05) is 36.4 Å². The molecule has 0 fully saturated rings. The molecule has 1 heteroatoms. The maximum Gasteiger partial charge on any atom is 0.0346 e. The number of allylic oxidation sites excluding steroid dienone is 2. The number of aromatic nitrogens is 1. The van der Waals surface area contributed by atoms with E-state index in [9.17, 15) is 0 Å². The van der Waals surface area contributed by atoms with E-state index in [2.05, 4.69) is 41.4 Å². The Morgan fingerprint density at radius 2 is 2.06 bits per heavy atom. The van der Waals surface area contributed by atoms with Crippen molar-refractivity contribution in [3.8, 4) is 0 Å². The van der Waals surface area contributed by atoms with Crippen LogP contribution in [0.4, 0.5) is 0 Å². The smallest absolute Gasteiger partial charge is 0.0346 e. The summed E-state index contributed by atoms with van der Waals surface area (Å²) in [5.41, 5.74) is 1.38. The summed E-state index contributed by atoms with van der Waals surface area (Å²) in [7, 11) is 0. The minimum atomic E-state index is 0.562. The van der Waals surface area contributed by atoms with Gasteiger partial charge in [0.25, 0.3) is 0 Å². The summed E-state index contributed by atoms with van der Waals surface area (Å²) in [6.45, 7) is 0. The summed E-state index contributed by atoms with van der Waals surface area (Å²) in [6, 6.07) is 8.52. The molecule has 1 aromatic heterocycles. The van der Waals surface area contributed by atoms with Crippen LogP contribution in [0, 0.1) is 0 Å². The lowest BCUT2D eigenvalue weighted by Crippen LogP contribution is -2.00. The molecule has 16 heavy (non-hydrogen) atoms. The maximum atomic E-state index is 4.35. The summed E-state index contributed by atoms with van der Waals surface area (Å²) in [5, 5.41) is 2.60. The van der Waals surface area contributed by atoms with Gasteiger partial charge in [0.1, 0.15) is 0 Å². The lowest BCUT2D eigenvalue weighted by molar-refractivity contribution is 0.656. The summed E-state index contributed by atoms with van der Waals surface area (Å²) in [5.74, 6) is 0.562. The molecule has 1 unspecified atom stereocenters. The topological polar surface area (TPSA) is 12.9 Å². The molecule has 2 aromatic rings. The van der Waals surface area contributed by atoms with Crippen LogP contribution < -0.4 is 0 Å². The highest BCUT2D eigenvalue weighted by Crippen LogP contribution is 2.31. The second-order valence-corrected chi connectivity index (χ2v) is 4.42. The van der Waals surface area contributed by atoms with Crippen molar-refractivity contribution in [2.24, 2.45) is 0 Å².